The molecule has 2 unspecified atom stereocenters. The molecule has 0 amide bonds. The van der Waals surface area contributed by atoms with Gasteiger partial charge in [0.25, 0.3) is 0 Å². The van der Waals surface area contributed by atoms with Crippen molar-refractivity contribution in [2.45, 2.75) is 38.6 Å². The lowest BCUT2D eigenvalue weighted by molar-refractivity contribution is 0.319. The number of hydrogen-bond donors (Lipinski definition) is 2. The molecule has 2 rings (SSSR count). The highest BCUT2D eigenvalue weighted by Gasteiger charge is 2.23. The van der Waals surface area contributed by atoms with Crippen molar-refractivity contribution in [1.82, 2.24) is 5.32 Å². The van der Waals surface area contributed by atoms with Crippen LogP contribution in [0.2, 0.25) is 0 Å². The molecule has 0 radical (unpaired) electrons. The van der Waals surface area contributed by atoms with Crippen LogP contribution in [0.3, 0.4) is 0 Å². The van der Waals surface area contributed by atoms with E-state index < -0.39 is 0 Å². The summed E-state index contributed by atoms with van der Waals surface area (Å²) in [6.07, 6.45) is 5.23. The van der Waals surface area contributed by atoms with E-state index in [1.165, 1.54) is 37.9 Å². The molecule has 1 aliphatic heterocycles. The highest BCUT2D eigenvalue weighted by molar-refractivity contribution is 5.43. The maximum atomic E-state index is 3.70. The molecular formula is C15H24N2. The van der Waals surface area contributed by atoms with Crippen LogP contribution < -0.4 is 10.6 Å². The van der Waals surface area contributed by atoms with Crippen LogP contribution in [0, 0.1) is 5.92 Å². The molecule has 0 aromatic heterocycles. The summed E-state index contributed by atoms with van der Waals surface area (Å²) in [7, 11) is 0. The Hall–Kier alpha value is -1.02. The maximum absolute atomic E-state index is 3.70. The van der Waals surface area contributed by atoms with Gasteiger partial charge in [0, 0.05) is 11.7 Å². The van der Waals surface area contributed by atoms with E-state index >= 15 is 0 Å². The van der Waals surface area contributed by atoms with Crippen LogP contribution in [0.1, 0.15) is 32.6 Å². The van der Waals surface area contributed by atoms with E-state index in [0.717, 1.165) is 12.5 Å². The van der Waals surface area contributed by atoms with Gasteiger partial charge in [-0.15, -0.1) is 0 Å². The minimum absolute atomic E-state index is 0.644. The molecule has 0 saturated carbocycles. The Bertz CT molecular complexity index is 310. The molecule has 2 nitrogen and oxygen atoms in total. The normalized spacial score (nSPS) is 24.5. The molecule has 2 atom stereocenters. The summed E-state index contributed by atoms with van der Waals surface area (Å²) < 4.78 is 0. The molecule has 0 bridgehead atoms. The molecule has 2 N–H and O–H groups in total. The van der Waals surface area contributed by atoms with Gasteiger partial charge >= 0.3 is 0 Å². The average Bonchev–Trinajstić information content (AvgIpc) is 2.39. The molecule has 1 aliphatic rings. The van der Waals surface area contributed by atoms with Gasteiger partial charge in [-0.3, -0.25) is 0 Å². The first-order chi connectivity index (χ1) is 8.40. The van der Waals surface area contributed by atoms with Crippen molar-refractivity contribution in [3.63, 3.8) is 0 Å². The fraction of sp³-hybridized carbons (Fsp3) is 0.600. The third-order valence-electron chi connectivity index (χ3n) is 3.66. The molecule has 1 fully saturated rings. The monoisotopic (exact) mass is 232 g/mol. The second-order valence-electron chi connectivity index (χ2n) is 5.01. The topological polar surface area (TPSA) is 24.1 Å². The van der Waals surface area contributed by atoms with Gasteiger partial charge in [-0.2, -0.15) is 0 Å². The first kappa shape index (κ1) is 12.4. The zero-order valence-electron chi connectivity index (χ0n) is 10.8. The maximum Gasteiger partial charge on any atom is 0.0342 e. The molecule has 0 aliphatic carbocycles. The van der Waals surface area contributed by atoms with Gasteiger partial charge in [-0.05, 0) is 44.0 Å². The quantitative estimate of drug-likeness (QED) is 0.814. The highest BCUT2D eigenvalue weighted by atomic mass is 15.0. The predicted octanol–water partition coefficient (Wildman–Crippen LogP) is 3.27. The van der Waals surface area contributed by atoms with E-state index in [4.69, 9.17) is 0 Å². The zero-order valence-corrected chi connectivity index (χ0v) is 10.8. The fourth-order valence-corrected chi connectivity index (χ4v) is 2.63. The van der Waals surface area contributed by atoms with Crippen LogP contribution in [0.15, 0.2) is 30.3 Å². The van der Waals surface area contributed by atoms with Crippen molar-refractivity contribution in [3.05, 3.63) is 30.3 Å². The third kappa shape index (κ3) is 3.74. The van der Waals surface area contributed by atoms with Crippen LogP contribution in [-0.4, -0.2) is 19.1 Å². The number of para-hydroxylation sites is 1. The molecule has 2 heteroatoms. The Balaban J connectivity index is 1.92. The molecule has 1 aromatic carbocycles. The second-order valence-corrected chi connectivity index (χ2v) is 5.01. The Morgan fingerprint density at radius 3 is 2.88 bits per heavy atom. The Kier molecular flexibility index (Phi) is 4.87. The molecule has 17 heavy (non-hydrogen) atoms. The summed E-state index contributed by atoms with van der Waals surface area (Å²) in [5.74, 6) is 0.781. The minimum atomic E-state index is 0.644. The van der Waals surface area contributed by atoms with Gasteiger partial charge in [0.1, 0.15) is 0 Å². The van der Waals surface area contributed by atoms with Crippen molar-refractivity contribution >= 4 is 5.69 Å². The summed E-state index contributed by atoms with van der Waals surface area (Å²) in [4.78, 5) is 0. The van der Waals surface area contributed by atoms with E-state index in [9.17, 15) is 0 Å². The van der Waals surface area contributed by atoms with E-state index in [1.54, 1.807) is 0 Å². The molecular weight excluding hydrogens is 208 g/mol. The van der Waals surface area contributed by atoms with Crippen LogP contribution in [0.25, 0.3) is 0 Å². The number of hydrogen-bond acceptors (Lipinski definition) is 2. The molecule has 1 heterocycles. The SMILES string of the molecule is CCCCC1CNCCC1Nc1ccccc1. The second kappa shape index (κ2) is 6.65. The highest BCUT2D eigenvalue weighted by Crippen LogP contribution is 2.21. The number of piperidine rings is 1. The standard InChI is InChI=1S/C15H24N2/c1-2-3-7-13-12-16-11-10-15(13)17-14-8-5-4-6-9-14/h4-6,8-9,13,15-17H,2-3,7,10-12H2,1H3. The Labute approximate surface area is 105 Å². The van der Waals surface area contributed by atoms with Crippen molar-refractivity contribution in [2.24, 2.45) is 5.92 Å². The number of rotatable bonds is 5. The lowest BCUT2D eigenvalue weighted by Crippen LogP contribution is -2.43. The Morgan fingerprint density at radius 2 is 2.12 bits per heavy atom. The smallest absolute Gasteiger partial charge is 0.0342 e. The molecule has 1 aromatic rings. The summed E-state index contributed by atoms with van der Waals surface area (Å²) in [5, 5.41) is 7.22. The van der Waals surface area contributed by atoms with Crippen molar-refractivity contribution in [1.29, 1.82) is 0 Å². The minimum Gasteiger partial charge on any atom is -0.382 e. The summed E-state index contributed by atoms with van der Waals surface area (Å²) in [5.41, 5.74) is 1.26. The fourth-order valence-electron chi connectivity index (χ4n) is 2.63. The van der Waals surface area contributed by atoms with Gasteiger partial charge in [-0.25, -0.2) is 0 Å². The lowest BCUT2D eigenvalue weighted by atomic mass is 9.88. The zero-order chi connectivity index (χ0) is 11.9. The van der Waals surface area contributed by atoms with Gasteiger partial charge in [0.05, 0.1) is 0 Å². The number of unbranched alkanes of at least 4 members (excludes halogenated alkanes) is 1. The predicted molar refractivity (Wildman–Crippen MR) is 74.4 cm³/mol. The number of anilines is 1. The average molecular weight is 232 g/mol. The largest absolute Gasteiger partial charge is 0.382 e. The van der Waals surface area contributed by atoms with Crippen molar-refractivity contribution in [3.8, 4) is 0 Å². The number of nitrogens with one attached hydrogen (secondary N) is 2. The van der Waals surface area contributed by atoms with Crippen LogP contribution >= 0.6 is 0 Å². The first-order valence-electron chi connectivity index (χ1n) is 6.92. The first-order valence-corrected chi connectivity index (χ1v) is 6.92. The molecule has 94 valence electrons. The van der Waals surface area contributed by atoms with Crippen LogP contribution in [0.4, 0.5) is 5.69 Å². The number of benzene rings is 1. The lowest BCUT2D eigenvalue weighted by Gasteiger charge is -2.33. The van der Waals surface area contributed by atoms with Gasteiger partial charge in [-0.1, -0.05) is 38.0 Å². The van der Waals surface area contributed by atoms with E-state index in [2.05, 4.69) is 47.9 Å². The summed E-state index contributed by atoms with van der Waals surface area (Å²) in [6.45, 7) is 4.59. The third-order valence-corrected chi connectivity index (χ3v) is 3.66. The van der Waals surface area contributed by atoms with E-state index in [1.807, 2.05) is 0 Å². The van der Waals surface area contributed by atoms with Crippen molar-refractivity contribution < 1.29 is 0 Å². The van der Waals surface area contributed by atoms with Gasteiger partial charge in [0.15, 0.2) is 0 Å². The summed E-state index contributed by atoms with van der Waals surface area (Å²) >= 11 is 0. The molecule has 1 saturated heterocycles. The van der Waals surface area contributed by atoms with E-state index in [0.29, 0.717) is 6.04 Å². The van der Waals surface area contributed by atoms with Gasteiger partial charge in [0.2, 0.25) is 0 Å². The Morgan fingerprint density at radius 1 is 1.29 bits per heavy atom. The van der Waals surface area contributed by atoms with Crippen LogP contribution in [0.5, 0.6) is 0 Å². The van der Waals surface area contributed by atoms with Crippen LogP contribution in [-0.2, 0) is 0 Å². The summed E-state index contributed by atoms with van der Waals surface area (Å²) in [6, 6.07) is 11.2. The van der Waals surface area contributed by atoms with E-state index in [-0.39, 0.29) is 0 Å². The van der Waals surface area contributed by atoms with Gasteiger partial charge < -0.3 is 10.6 Å². The molecule has 0 spiro atoms. The van der Waals surface area contributed by atoms with Crippen molar-refractivity contribution in [2.75, 3.05) is 18.4 Å².